The minimum absolute atomic E-state index is 0.156. The number of sulfonamides is 1. The van der Waals surface area contributed by atoms with Gasteiger partial charge in [-0.25, -0.2) is 13.1 Å². The molecule has 1 aromatic rings. The molecule has 0 amide bonds. The normalized spacial score (nSPS) is 17.3. The summed E-state index contributed by atoms with van der Waals surface area (Å²) >= 11 is 5.94. The van der Waals surface area contributed by atoms with Crippen molar-refractivity contribution in [3.05, 3.63) is 22.7 Å². The molecule has 0 atom stereocenters. The molecule has 0 saturated carbocycles. The van der Waals surface area contributed by atoms with Crippen LogP contribution in [0.2, 0.25) is 5.02 Å². The van der Waals surface area contributed by atoms with Crippen molar-refractivity contribution >= 4 is 27.3 Å². The Bertz CT molecular complexity index is 560. The van der Waals surface area contributed by atoms with Crippen molar-refractivity contribution in [1.82, 2.24) is 4.72 Å². The van der Waals surface area contributed by atoms with Gasteiger partial charge in [0.15, 0.2) is 0 Å². The topological polar surface area (TPSA) is 81.4 Å². The van der Waals surface area contributed by atoms with E-state index < -0.39 is 10.0 Å². The van der Waals surface area contributed by atoms with E-state index in [2.05, 4.69) is 4.72 Å². The number of anilines is 1. The molecule has 0 unspecified atom stereocenters. The van der Waals surface area contributed by atoms with Gasteiger partial charge in [-0.1, -0.05) is 11.6 Å². The molecule has 1 aliphatic rings. The van der Waals surface area contributed by atoms with Crippen LogP contribution in [0.15, 0.2) is 17.0 Å². The molecule has 2 rings (SSSR count). The highest BCUT2D eigenvalue weighted by Crippen LogP contribution is 2.26. The van der Waals surface area contributed by atoms with E-state index in [4.69, 9.17) is 22.1 Å². The van der Waals surface area contributed by atoms with Crippen LogP contribution in [-0.4, -0.2) is 28.2 Å². The summed E-state index contributed by atoms with van der Waals surface area (Å²) in [7, 11) is -3.55. The number of hydrogen-bond donors (Lipinski definition) is 2. The van der Waals surface area contributed by atoms with Crippen molar-refractivity contribution in [3.8, 4) is 0 Å². The molecule has 112 valence electrons. The Morgan fingerprint density at radius 3 is 2.65 bits per heavy atom. The predicted octanol–water partition coefficient (Wildman–Crippen LogP) is 1.94. The molecule has 3 N–H and O–H groups in total. The number of aryl methyl sites for hydroxylation is 1. The van der Waals surface area contributed by atoms with Crippen LogP contribution in [0.5, 0.6) is 0 Å². The highest BCUT2D eigenvalue weighted by atomic mass is 35.5. The van der Waals surface area contributed by atoms with Crippen LogP contribution in [0.4, 0.5) is 5.69 Å². The summed E-state index contributed by atoms with van der Waals surface area (Å²) in [5.41, 5.74) is 6.64. The number of nitrogen functional groups attached to an aromatic ring is 1. The summed E-state index contributed by atoms with van der Waals surface area (Å²) in [5, 5.41) is 0.397. The average molecular weight is 319 g/mol. The first-order valence-corrected chi connectivity index (χ1v) is 8.39. The van der Waals surface area contributed by atoms with Gasteiger partial charge in [-0.05, 0) is 43.4 Å². The average Bonchev–Trinajstić information content (AvgIpc) is 2.43. The number of halogens is 1. The second-order valence-corrected chi connectivity index (χ2v) is 7.20. The van der Waals surface area contributed by atoms with Gasteiger partial charge in [0.25, 0.3) is 0 Å². The van der Waals surface area contributed by atoms with Crippen molar-refractivity contribution < 1.29 is 13.2 Å². The van der Waals surface area contributed by atoms with E-state index in [0.29, 0.717) is 36.3 Å². The van der Waals surface area contributed by atoms with Gasteiger partial charge < -0.3 is 10.5 Å². The summed E-state index contributed by atoms with van der Waals surface area (Å²) in [6.07, 6.45) is 1.76. The fourth-order valence-electron chi connectivity index (χ4n) is 2.18. The Labute approximate surface area is 124 Å². The Morgan fingerprint density at radius 1 is 1.40 bits per heavy atom. The number of hydrogen-bond acceptors (Lipinski definition) is 4. The Hall–Kier alpha value is -0.820. The third kappa shape index (κ3) is 3.63. The van der Waals surface area contributed by atoms with E-state index in [1.54, 1.807) is 6.92 Å². The van der Waals surface area contributed by atoms with Gasteiger partial charge >= 0.3 is 0 Å². The first kappa shape index (κ1) is 15.6. The minimum Gasteiger partial charge on any atom is -0.397 e. The molecule has 1 saturated heterocycles. The maximum absolute atomic E-state index is 12.2. The number of rotatable bonds is 4. The molecule has 0 bridgehead atoms. The standard InChI is InChI=1S/C13H19ClN2O3S/c1-9-6-11(7-12(15)13(9)14)20(17,18)16-8-10-2-4-19-5-3-10/h6-7,10,16H,2-5,8,15H2,1H3. The lowest BCUT2D eigenvalue weighted by Crippen LogP contribution is -2.32. The zero-order valence-corrected chi connectivity index (χ0v) is 12.9. The fourth-order valence-corrected chi connectivity index (χ4v) is 3.52. The van der Waals surface area contributed by atoms with Crippen molar-refractivity contribution in [2.24, 2.45) is 5.92 Å². The molecule has 0 radical (unpaired) electrons. The van der Waals surface area contributed by atoms with Crippen molar-refractivity contribution in [3.63, 3.8) is 0 Å². The van der Waals surface area contributed by atoms with E-state index in [0.717, 1.165) is 12.8 Å². The van der Waals surface area contributed by atoms with Gasteiger partial charge in [-0.3, -0.25) is 0 Å². The SMILES string of the molecule is Cc1cc(S(=O)(=O)NCC2CCOCC2)cc(N)c1Cl. The number of nitrogens with one attached hydrogen (secondary N) is 1. The second kappa shape index (κ2) is 6.30. The molecule has 7 heteroatoms. The van der Waals surface area contributed by atoms with Gasteiger partial charge in [-0.15, -0.1) is 0 Å². The van der Waals surface area contributed by atoms with Crippen LogP contribution in [0.3, 0.4) is 0 Å². The first-order valence-electron chi connectivity index (χ1n) is 6.53. The predicted molar refractivity (Wildman–Crippen MR) is 79.3 cm³/mol. The number of ether oxygens (including phenoxy) is 1. The van der Waals surface area contributed by atoms with Crippen LogP contribution in [-0.2, 0) is 14.8 Å². The smallest absolute Gasteiger partial charge is 0.240 e. The molecule has 1 aliphatic heterocycles. The van der Waals surface area contributed by atoms with E-state index in [9.17, 15) is 8.42 Å². The molecule has 0 aromatic heterocycles. The third-order valence-corrected chi connectivity index (χ3v) is 5.39. The van der Waals surface area contributed by atoms with Crippen LogP contribution in [0.1, 0.15) is 18.4 Å². The maximum atomic E-state index is 12.2. The molecular formula is C13H19ClN2O3S. The minimum atomic E-state index is -3.55. The Balaban J connectivity index is 2.10. The summed E-state index contributed by atoms with van der Waals surface area (Å²) in [5.74, 6) is 0.323. The summed E-state index contributed by atoms with van der Waals surface area (Å²) < 4.78 is 32.4. The highest BCUT2D eigenvalue weighted by Gasteiger charge is 2.20. The summed E-state index contributed by atoms with van der Waals surface area (Å²) in [6, 6.07) is 2.92. The molecule has 0 aliphatic carbocycles. The summed E-state index contributed by atoms with van der Waals surface area (Å²) in [4.78, 5) is 0.156. The van der Waals surface area contributed by atoms with Crippen molar-refractivity contribution in [2.45, 2.75) is 24.7 Å². The Morgan fingerprint density at radius 2 is 2.05 bits per heavy atom. The van der Waals surface area contributed by atoms with Crippen LogP contribution < -0.4 is 10.5 Å². The molecule has 20 heavy (non-hydrogen) atoms. The number of nitrogens with two attached hydrogens (primary N) is 1. The summed E-state index contributed by atoms with van der Waals surface area (Å²) in [6.45, 7) is 3.54. The quantitative estimate of drug-likeness (QED) is 0.831. The zero-order valence-electron chi connectivity index (χ0n) is 11.4. The number of benzene rings is 1. The highest BCUT2D eigenvalue weighted by molar-refractivity contribution is 7.89. The molecule has 1 fully saturated rings. The molecule has 1 aromatic carbocycles. The van der Waals surface area contributed by atoms with Gasteiger partial charge in [0.1, 0.15) is 0 Å². The fraction of sp³-hybridized carbons (Fsp3) is 0.538. The first-order chi connectivity index (χ1) is 9.40. The van der Waals surface area contributed by atoms with Crippen LogP contribution >= 0.6 is 11.6 Å². The molecule has 1 heterocycles. The second-order valence-electron chi connectivity index (χ2n) is 5.05. The third-order valence-electron chi connectivity index (χ3n) is 3.47. The Kier molecular flexibility index (Phi) is 4.90. The van der Waals surface area contributed by atoms with E-state index >= 15 is 0 Å². The molecule has 5 nitrogen and oxygen atoms in total. The lowest BCUT2D eigenvalue weighted by atomic mass is 10.0. The maximum Gasteiger partial charge on any atom is 0.240 e. The van der Waals surface area contributed by atoms with E-state index in [1.807, 2.05) is 0 Å². The monoisotopic (exact) mass is 318 g/mol. The van der Waals surface area contributed by atoms with Crippen LogP contribution in [0, 0.1) is 12.8 Å². The molecular weight excluding hydrogens is 300 g/mol. The van der Waals surface area contributed by atoms with E-state index in [-0.39, 0.29) is 10.6 Å². The largest absolute Gasteiger partial charge is 0.397 e. The van der Waals surface area contributed by atoms with Crippen LogP contribution in [0.25, 0.3) is 0 Å². The lowest BCUT2D eigenvalue weighted by Gasteiger charge is -2.22. The lowest BCUT2D eigenvalue weighted by molar-refractivity contribution is 0.0678. The van der Waals surface area contributed by atoms with Crippen molar-refractivity contribution in [2.75, 3.05) is 25.5 Å². The van der Waals surface area contributed by atoms with Gasteiger partial charge in [0, 0.05) is 19.8 Å². The van der Waals surface area contributed by atoms with Gasteiger partial charge in [-0.2, -0.15) is 0 Å². The van der Waals surface area contributed by atoms with Gasteiger partial charge in [0.05, 0.1) is 15.6 Å². The molecule has 0 spiro atoms. The zero-order chi connectivity index (χ0) is 14.8. The van der Waals surface area contributed by atoms with Gasteiger partial charge in [0.2, 0.25) is 10.0 Å². The van der Waals surface area contributed by atoms with E-state index in [1.165, 1.54) is 12.1 Å². The van der Waals surface area contributed by atoms with Crippen molar-refractivity contribution in [1.29, 1.82) is 0 Å².